The van der Waals surface area contributed by atoms with Crippen LogP contribution >= 0.6 is 0 Å². The van der Waals surface area contributed by atoms with Crippen LogP contribution in [0.5, 0.6) is 0 Å². The number of aryl methyl sites for hydroxylation is 3. The summed E-state index contributed by atoms with van der Waals surface area (Å²) in [6, 6.07) is 28.9. The molecule has 54 heavy (non-hydrogen) atoms. The summed E-state index contributed by atoms with van der Waals surface area (Å²) in [7, 11) is -1.04. The average Bonchev–Trinajstić information content (AvgIpc) is 4.12. The lowest BCUT2D eigenvalue weighted by Gasteiger charge is -2.06. The van der Waals surface area contributed by atoms with Gasteiger partial charge in [-0.25, -0.2) is 15.0 Å². The van der Waals surface area contributed by atoms with Crippen molar-refractivity contribution in [1.82, 2.24) is 29.1 Å². The number of nitrogens with one attached hydrogen (secondary N) is 1. The lowest BCUT2D eigenvalue weighted by Crippen LogP contribution is -2.09. The molecular formula is C42H46BN9O2. The Bertz CT molecular complexity index is 2210. The molecule has 11 nitrogen and oxygen atoms in total. The Morgan fingerprint density at radius 2 is 1.15 bits per heavy atom. The Morgan fingerprint density at radius 1 is 0.704 bits per heavy atom. The first-order chi connectivity index (χ1) is 26.1. The lowest BCUT2D eigenvalue weighted by molar-refractivity contribution is 0.403. The van der Waals surface area contributed by atoms with Crippen molar-refractivity contribution in [2.24, 2.45) is 5.73 Å². The van der Waals surface area contributed by atoms with E-state index in [0.29, 0.717) is 29.8 Å². The van der Waals surface area contributed by atoms with Crippen LogP contribution < -0.4 is 5.73 Å². The van der Waals surface area contributed by atoms with Gasteiger partial charge in [-0.2, -0.15) is 10.5 Å². The molecule has 3 fully saturated rings. The van der Waals surface area contributed by atoms with Gasteiger partial charge < -0.3 is 29.9 Å². The van der Waals surface area contributed by atoms with Crippen molar-refractivity contribution < 1.29 is 10.0 Å². The maximum Gasteiger partial charge on any atom is 0.454 e. The van der Waals surface area contributed by atoms with Crippen LogP contribution in [0.2, 0.25) is 5.82 Å². The van der Waals surface area contributed by atoms with Gasteiger partial charge in [0, 0.05) is 59.6 Å². The Balaban J connectivity index is 0.000000129. The second kappa shape index (κ2) is 17.4. The number of aromatic nitrogens is 6. The van der Waals surface area contributed by atoms with Crippen LogP contribution in [0.15, 0.2) is 91.4 Å². The van der Waals surface area contributed by atoms with Crippen LogP contribution in [0.4, 0.5) is 0 Å². The Morgan fingerprint density at radius 3 is 1.48 bits per heavy atom. The van der Waals surface area contributed by atoms with E-state index in [1.54, 1.807) is 18.3 Å². The number of H-pyrrole nitrogens is 1. The highest BCUT2D eigenvalue weighted by molar-refractivity contribution is 6.44. The molecule has 0 radical (unpaired) electrons. The summed E-state index contributed by atoms with van der Waals surface area (Å²) < 4.78 is 4.57. The summed E-state index contributed by atoms with van der Waals surface area (Å²) in [5.74, 6) is 3.17. The predicted octanol–water partition coefficient (Wildman–Crippen LogP) is 7.60. The van der Waals surface area contributed by atoms with Gasteiger partial charge in [0.05, 0.1) is 34.7 Å². The minimum absolute atomic E-state index is 0.213. The van der Waals surface area contributed by atoms with E-state index < -0.39 is 7.12 Å². The molecule has 0 aliphatic heterocycles. The summed E-state index contributed by atoms with van der Waals surface area (Å²) in [6.07, 6.45) is 13.1. The van der Waals surface area contributed by atoms with Crippen LogP contribution in [-0.4, -0.2) is 46.2 Å². The third-order valence-corrected chi connectivity index (χ3v) is 9.34. The van der Waals surface area contributed by atoms with Gasteiger partial charge in [0.2, 0.25) is 0 Å². The number of hydrogen-bond acceptors (Lipinski definition) is 8. The van der Waals surface area contributed by atoms with E-state index in [1.165, 1.54) is 31.2 Å². The van der Waals surface area contributed by atoms with Crippen molar-refractivity contribution in [2.75, 3.05) is 0 Å². The smallest absolute Gasteiger partial charge is 0.427 e. The zero-order valence-corrected chi connectivity index (χ0v) is 31.0. The molecule has 0 amide bonds. The Labute approximate surface area is 317 Å². The number of nitriles is 2. The fourth-order valence-corrected chi connectivity index (χ4v) is 5.86. The minimum atomic E-state index is -1.04. The molecule has 9 rings (SSSR count). The number of hydrogen-bond donors (Lipinski definition) is 4. The summed E-state index contributed by atoms with van der Waals surface area (Å²) in [4.78, 5) is 16.5. The molecule has 0 bridgehead atoms. The van der Waals surface area contributed by atoms with Crippen LogP contribution in [0.25, 0.3) is 34.2 Å². The third-order valence-electron chi connectivity index (χ3n) is 9.34. The van der Waals surface area contributed by atoms with Gasteiger partial charge in [0.25, 0.3) is 0 Å². The average molecular weight is 720 g/mol. The van der Waals surface area contributed by atoms with Gasteiger partial charge in [-0.05, 0) is 106 Å². The molecule has 0 unspecified atom stereocenters. The fraction of sp³-hybridized carbons (Fsp3) is 0.310. The number of aromatic amines is 1. The Hall–Kier alpha value is -5.79. The first-order valence-corrected chi connectivity index (χ1v) is 18.4. The zero-order valence-electron chi connectivity index (χ0n) is 31.0. The Kier molecular flexibility index (Phi) is 12.2. The largest absolute Gasteiger partial charge is 0.454 e. The summed E-state index contributed by atoms with van der Waals surface area (Å²) in [5.41, 5.74) is 14.6. The molecule has 3 aliphatic rings. The molecule has 3 saturated carbocycles. The minimum Gasteiger partial charge on any atom is -0.427 e. The number of benzene rings is 3. The monoisotopic (exact) mass is 719 g/mol. The summed E-state index contributed by atoms with van der Waals surface area (Å²) >= 11 is 0. The van der Waals surface area contributed by atoms with Gasteiger partial charge in [-0.1, -0.05) is 37.1 Å². The van der Waals surface area contributed by atoms with Crippen LogP contribution in [0, 0.1) is 43.4 Å². The highest BCUT2D eigenvalue weighted by Gasteiger charge is 2.33. The van der Waals surface area contributed by atoms with E-state index in [1.807, 2.05) is 50.2 Å². The normalized spacial score (nSPS) is 14.2. The topological polar surface area (TPSA) is 178 Å². The summed E-state index contributed by atoms with van der Waals surface area (Å²) in [6.45, 7) is 6.62. The SMILES string of the molecule is Cc1cn(C2CC2)c(-c2ccc(C#N)cc2)n1.Cc1cn(C2CC2)c(-c2ccc(CN)cc2)n1.Cc1cnc(-c2ccc(C#N)cc2)[nH]1.OB(O)C1CC1. The van der Waals surface area contributed by atoms with E-state index in [0.717, 1.165) is 64.1 Å². The van der Waals surface area contributed by atoms with Gasteiger partial charge in [-0.15, -0.1) is 0 Å². The van der Waals surface area contributed by atoms with E-state index in [-0.39, 0.29) is 5.82 Å². The zero-order chi connectivity index (χ0) is 38.2. The molecule has 3 aromatic carbocycles. The second-order valence-electron chi connectivity index (χ2n) is 14.1. The quantitative estimate of drug-likeness (QED) is 0.122. The highest BCUT2D eigenvalue weighted by atomic mass is 16.4. The van der Waals surface area contributed by atoms with Gasteiger partial charge in [0.15, 0.2) is 0 Å². The number of imidazole rings is 3. The van der Waals surface area contributed by atoms with Gasteiger partial charge >= 0.3 is 7.12 Å². The second-order valence-corrected chi connectivity index (χ2v) is 14.1. The predicted molar refractivity (Wildman–Crippen MR) is 211 cm³/mol. The molecule has 0 spiro atoms. The molecule has 6 aromatic rings. The molecule has 5 N–H and O–H groups in total. The van der Waals surface area contributed by atoms with Gasteiger partial charge in [-0.3, -0.25) is 0 Å². The van der Waals surface area contributed by atoms with Crippen LogP contribution in [-0.2, 0) is 6.54 Å². The van der Waals surface area contributed by atoms with Crippen LogP contribution in [0.1, 0.15) is 84.4 Å². The number of nitrogens with two attached hydrogens (primary N) is 1. The van der Waals surface area contributed by atoms with Crippen molar-refractivity contribution >= 4 is 7.12 Å². The maximum absolute atomic E-state index is 8.79. The van der Waals surface area contributed by atoms with Crippen molar-refractivity contribution in [3.05, 3.63) is 125 Å². The maximum atomic E-state index is 8.79. The summed E-state index contributed by atoms with van der Waals surface area (Å²) in [5, 5.41) is 33.9. The molecule has 0 atom stereocenters. The van der Waals surface area contributed by atoms with E-state index in [9.17, 15) is 0 Å². The first kappa shape index (κ1) is 38.0. The molecule has 0 saturated heterocycles. The highest BCUT2D eigenvalue weighted by Crippen LogP contribution is 2.39. The van der Waals surface area contributed by atoms with Crippen LogP contribution in [0.3, 0.4) is 0 Å². The molecule has 3 aromatic heterocycles. The molecule has 12 heteroatoms. The van der Waals surface area contributed by atoms with E-state index in [4.69, 9.17) is 26.3 Å². The van der Waals surface area contributed by atoms with E-state index >= 15 is 0 Å². The third kappa shape index (κ3) is 10.2. The van der Waals surface area contributed by atoms with Crippen molar-refractivity contribution in [1.29, 1.82) is 10.5 Å². The fourth-order valence-electron chi connectivity index (χ4n) is 5.86. The van der Waals surface area contributed by atoms with E-state index in [2.05, 4.69) is 84.8 Å². The lowest BCUT2D eigenvalue weighted by atomic mass is 9.84. The standard InChI is InChI=1S/C14H17N3.C14H13N3.C11H9N3.C3H7BO2/c2*1-10-9-17(13-6-7-13)14(16-10)12-4-2-11(8-15)3-5-12;1-8-7-13-11(14-8)10-4-2-9(6-12)3-5-10;5-4(6)3-1-2-3/h2-5,9,13H,6-8,15H2,1H3;2-5,9,13H,6-7H2,1H3;2-5,7H,1H3,(H,13,14);3,5-6H,1-2H2. The van der Waals surface area contributed by atoms with Crippen molar-refractivity contribution in [3.8, 4) is 46.3 Å². The van der Waals surface area contributed by atoms with Crippen molar-refractivity contribution in [3.63, 3.8) is 0 Å². The van der Waals surface area contributed by atoms with Gasteiger partial charge in [0.1, 0.15) is 17.5 Å². The van der Waals surface area contributed by atoms with Crippen molar-refractivity contribution in [2.45, 2.75) is 83.7 Å². The number of nitrogens with zero attached hydrogens (tertiary/aromatic N) is 7. The molecule has 3 aliphatic carbocycles. The first-order valence-electron chi connectivity index (χ1n) is 18.4. The molecule has 3 heterocycles. The molecule has 274 valence electrons. The number of rotatable bonds is 7. The molecular weight excluding hydrogens is 673 g/mol.